The zero-order valence-corrected chi connectivity index (χ0v) is 7.64. The lowest BCUT2D eigenvalue weighted by atomic mass is 10.1. The Morgan fingerprint density at radius 1 is 1.64 bits per heavy atom. The Hall–Kier alpha value is -1.11. The average molecular weight is 225 g/mol. The van der Waals surface area contributed by atoms with Crippen molar-refractivity contribution in [3.63, 3.8) is 0 Å². The van der Waals surface area contributed by atoms with Gasteiger partial charge in [-0.1, -0.05) is 0 Å². The van der Waals surface area contributed by atoms with E-state index in [2.05, 4.69) is 9.72 Å². The highest BCUT2D eigenvalue weighted by Crippen LogP contribution is 2.34. The van der Waals surface area contributed by atoms with E-state index in [0.717, 1.165) is 11.3 Å². The summed E-state index contributed by atoms with van der Waals surface area (Å²) in [6.45, 7) is -0.734. The van der Waals surface area contributed by atoms with Crippen molar-refractivity contribution < 1.29 is 22.7 Å². The molecule has 0 aliphatic heterocycles. The fourth-order valence-electron chi connectivity index (χ4n) is 0.877. The van der Waals surface area contributed by atoms with E-state index in [-0.39, 0.29) is 12.2 Å². The van der Waals surface area contributed by atoms with Gasteiger partial charge >= 0.3 is 6.18 Å². The topological polar surface area (TPSA) is 39.2 Å². The molecule has 0 saturated heterocycles. The summed E-state index contributed by atoms with van der Waals surface area (Å²) >= 11 is 1.06. The summed E-state index contributed by atoms with van der Waals surface area (Å²) in [6, 6.07) is 0. The van der Waals surface area contributed by atoms with Gasteiger partial charge in [0.2, 0.25) is 0 Å². The average Bonchev–Trinajstić information content (AvgIpc) is 2.55. The Bertz CT molecular complexity index is 286. The van der Waals surface area contributed by atoms with Crippen LogP contribution in [0.4, 0.5) is 13.2 Å². The molecule has 0 spiro atoms. The normalized spacial score (nSPS) is 13.6. The third-order valence-electron chi connectivity index (χ3n) is 1.53. The number of hydrogen-bond donors (Lipinski definition) is 0. The predicted octanol–water partition coefficient (Wildman–Crippen LogP) is 1.96. The molecule has 1 atom stereocenters. The first-order valence-corrected chi connectivity index (χ1v) is 4.50. The van der Waals surface area contributed by atoms with Gasteiger partial charge in [-0.3, -0.25) is 4.79 Å². The van der Waals surface area contributed by atoms with Gasteiger partial charge in [0.1, 0.15) is 12.5 Å². The Morgan fingerprint density at radius 3 is 2.79 bits per heavy atom. The maximum atomic E-state index is 12.4. The second-order valence-corrected chi connectivity index (χ2v) is 3.16. The lowest BCUT2D eigenvalue weighted by molar-refractivity contribution is -0.165. The summed E-state index contributed by atoms with van der Waals surface area (Å²) in [6.07, 6.45) is -4.45. The third-order valence-corrected chi connectivity index (χ3v) is 2.14. The van der Waals surface area contributed by atoms with E-state index >= 15 is 0 Å². The second kappa shape index (κ2) is 4.41. The van der Waals surface area contributed by atoms with E-state index in [1.165, 1.54) is 10.9 Å². The highest BCUT2D eigenvalue weighted by molar-refractivity contribution is 7.07. The molecule has 0 radical (unpaired) electrons. The smallest absolute Gasteiger partial charge is 0.400 e. The van der Waals surface area contributed by atoms with Gasteiger partial charge in [0.25, 0.3) is 6.47 Å². The van der Waals surface area contributed by atoms with Gasteiger partial charge in [-0.2, -0.15) is 13.2 Å². The first-order chi connectivity index (χ1) is 6.55. The molecular formula is C7H6F3NO2S. The molecule has 0 aliphatic carbocycles. The van der Waals surface area contributed by atoms with Crippen molar-refractivity contribution in [1.29, 1.82) is 0 Å². The van der Waals surface area contributed by atoms with Crippen LogP contribution in [0.3, 0.4) is 0 Å². The number of thiazole rings is 1. The molecule has 0 N–H and O–H groups in total. The Kier molecular flexibility index (Phi) is 3.45. The van der Waals surface area contributed by atoms with Gasteiger partial charge in [-0.25, -0.2) is 4.98 Å². The molecule has 1 heterocycles. The number of rotatable bonds is 4. The molecule has 0 fully saturated rings. The number of carbonyl (C=O) groups is 1. The zero-order valence-electron chi connectivity index (χ0n) is 6.82. The van der Waals surface area contributed by atoms with E-state index in [0.29, 0.717) is 0 Å². The molecule has 7 heteroatoms. The van der Waals surface area contributed by atoms with E-state index in [1.807, 2.05) is 0 Å². The minimum Gasteiger partial charge on any atom is -0.467 e. The second-order valence-electron chi connectivity index (χ2n) is 2.44. The summed E-state index contributed by atoms with van der Waals surface area (Å²) < 4.78 is 41.2. The standard InChI is InChI=1S/C7H6F3NO2S/c8-7(9,10)5(1-13-4-12)6-2-14-3-11-6/h2-5H,1H2. The van der Waals surface area contributed by atoms with Crippen LogP contribution in [0.1, 0.15) is 11.6 Å². The highest BCUT2D eigenvalue weighted by Gasteiger charge is 2.42. The molecule has 0 amide bonds. The van der Waals surface area contributed by atoms with Crippen LogP contribution >= 0.6 is 11.3 Å². The lowest BCUT2D eigenvalue weighted by Crippen LogP contribution is -2.25. The minimum absolute atomic E-state index is 0.00882. The third kappa shape index (κ3) is 2.69. The van der Waals surface area contributed by atoms with Crippen LogP contribution in [0.15, 0.2) is 10.9 Å². The molecule has 3 nitrogen and oxygen atoms in total. The number of nitrogens with zero attached hydrogens (tertiary/aromatic N) is 1. The highest BCUT2D eigenvalue weighted by atomic mass is 32.1. The molecule has 14 heavy (non-hydrogen) atoms. The summed E-state index contributed by atoms with van der Waals surface area (Å²) in [5.74, 6) is -1.83. The van der Waals surface area contributed by atoms with Crippen LogP contribution in [0.25, 0.3) is 0 Å². The summed E-state index contributed by atoms with van der Waals surface area (Å²) in [5.41, 5.74) is 1.18. The van der Waals surface area contributed by atoms with Crippen LogP contribution in [-0.4, -0.2) is 24.2 Å². The Labute approximate surface area is 81.5 Å². The first kappa shape index (κ1) is 11.0. The molecule has 1 rings (SSSR count). The molecule has 1 unspecified atom stereocenters. The zero-order chi connectivity index (χ0) is 10.6. The summed E-state index contributed by atoms with van der Waals surface area (Å²) in [7, 11) is 0. The number of carbonyl (C=O) groups excluding carboxylic acids is 1. The van der Waals surface area contributed by atoms with E-state index in [1.54, 1.807) is 0 Å². The fourth-order valence-corrected chi connectivity index (χ4v) is 1.49. The molecule has 1 aromatic heterocycles. The Morgan fingerprint density at radius 2 is 2.36 bits per heavy atom. The maximum absolute atomic E-state index is 12.4. The number of hydrogen-bond acceptors (Lipinski definition) is 4. The van der Waals surface area contributed by atoms with Crippen LogP contribution in [0, 0.1) is 0 Å². The lowest BCUT2D eigenvalue weighted by Gasteiger charge is -2.16. The van der Waals surface area contributed by atoms with Crippen LogP contribution in [-0.2, 0) is 9.53 Å². The minimum atomic E-state index is -4.45. The van der Waals surface area contributed by atoms with Crippen molar-refractivity contribution in [1.82, 2.24) is 4.98 Å². The van der Waals surface area contributed by atoms with E-state index < -0.39 is 18.7 Å². The largest absolute Gasteiger partial charge is 0.467 e. The fraction of sp³-hybridized carbons (Fsp3) is 0.429. The SMILES string of the molecule is O=COCC(c1cscn1)C(F)(F)F. The predicted molar refractivity (Wildman–Crippen MR) is 42.9 cm³/mol. The quantitative estimate of drug-likeness (QED) is 0.735. The Balaban J connectivity index is 2.77. The van der Waals surface area contributed by atoms with Gasteiger partial charge in [0.05, 0.1) is 11.2 Å². The maximum Gasteiger partial charge on any atom is 0.400 e. The van der Waals surface area contributed by atoms with Gasteiger partial charge in [0.15, 0.2) is 0 Å². The van der Waals surface area contributed by atoms with Crippen LogP contribution < -0.4 is 0 Å². The summed E-state index contributed by atoms with van der Waals surface area (Å²) in [5, 5.41) is 1.28. The molecule has 78 valence electrons. The molecule has 0 bridgehead atoms. The van der Waals surface area contributed by atoms with Gasteiger partial charge in [-0.05, 0) is 0 Å². The van der Waals surface area contributed by atoms with Crippen molar-refractivity contribution in [3.8, 4) is 0 Å². The molecular weight excluding hydrogens is 219 g/mol. The van der Waals surface area contributed by atoms with Crippen LogP contribution in [0.5, 0.6) is 0 Å². The number of aromatic nitrogens is 1. The van der Waals surface area contributed by atoms with Gasteiger partial charge in [0, 0.05) is 5.38 Å². The van der Waals surface area contributed by atoms with Crippen LogP contribution in [0.2, 0.25) is 0 Å². The molecule has 0 aromatic carbocycles. The van der Waals surface area contributed by atoms with E-state index in [9.17, 15) is 18.0 Å². The van der Waals surface area contributed by atoms with Crippen molar-refractivity contribution in [2.75, 3.05) is 6.61 Å². The van der Waals surface area contributed by atoms with Crippen molar-refractivity contribution in [2.24, 2.45) is 0 Å². The molecule has 0 aliphatic rings. The number of ether oxygens (including phenoxy) is 1. The first-order valence-electron chi connectivity index (χ1n) is 3.55. The van der Waals surface area contributed by atoms with Crippen molar-refractivity contribution in [3.05, 3.63) is 16.6 Å². The number of alkyl halides is 3. The van der Waals surface area contributed by atoms with Gasteiger partial charge < -0.3 is 4.74 Å². The number of halogens is 3. The summed E-state index contributed by atoms with van der Waals surface area (Å²) in [4.78, 5) is 13.3. The van der Waals surface area contributed by atoms with Gasteiger partial charge in [-0.15, -0.1) is 11.3 Å². The van der Waals surface area contributed by atoms with Crippen molar-refractivity contribution in [2.45, 2.75) is 12.1 Å². The van der Waals surface area contributed by atoms with Crippen molar-refractivity contribution >= 4 is 17.8 Å². The monoisotopic (exact) mass is 225 g/mol. The molecule has 1 aromatic rings. The molecule has 0 saturated carbocycles. The van der Waals surface area contributed by atoms with E-state index in [4.69, 9.17) is 0 Å².